The van der Waals surface area contributed by atoms with Gasteiger partial charge in [0, 0.05) is 0 Å². The van der Waals surface area contributed by atoms with Gasteiger partial charge in [-0.1, -0.05) is 0 Å². The number of rotatable bonds is 26. The third kappa shape index (κ3) is 18.1. The standard InChI is InChI=1S/C30H64ClP/c1-5-9-13-17-19-21-25-29-32(31,27-23-15-11-7-3,28-24-16-12-8-4)30-26-22-20-18-14-10-6-2/h5-30H2,1-4H3. The monoisotopic (exact) mass is 490 g/mol. The molecule has 0 unspecified atom stereocenters. The van der Waals surface area contributed by atoms with Gasteiger partial charge >= 0.3 is 211 Å². The van der Waals surface area contributed by atoms with E-state index in [1.807, 2.05) is 0 Å². The van der Waals surface area contributed by atoms with Gasteiger partial charge in [0.1, 0.15) is 0 Å². The van der Waals surface area contributed by atoms with E-state index in [4.69, 9.17) is 11.2 Å². The summed E-state index contributed by atoms with van der Waals surface area (Å²) in [6.45, 7) is 9.31. The van der Waals surface area contributed by atoms with E-state index in [-0.39, 0.29) is 0 Å². The van der Waals surface area contributed by atoms with Crippen molar-refractivity contribution in [3.63, 3.8) is 0 Å². The van der Waals surface area contributed by atoms with Crippen LogP contribution in [0.3, 0.4) is 0 Å². The molecule has 0 N–H and O–H groups in total. The Hall–Kier alpha value is 0.720. The van der Waals surface area contributed by atoms with Crippen molar-refractivity contribution in [2.75, 3.05) is 24.6 Å². The Morgan fingerprint density at radius 2 is 0.500 bits per heavy atom. The normalized spacial score (nSPS) is 13.3. The molecule has 0 aliphatic rings. The van der Waals surface area contributed by atoms with Gasteiger partial charge in [-0.3, -0.25) is 0 Å². The minimum atomic E-state index is -2.07. The molecule has 0 fully saturated rings. The van der Waals surface area contributed by atoms with Crippen LogP contribution in [0.4, 0.5) is 0 Å². The van der Waals surface area contributed by atoms with Crippen LogP contribution in [0.15, 0.2) is 0 Å². The van der Waals surface area contributed by atoms with Gasteiger partial charge in [-0.2, -0.15) is 0 Å². The van der Waals surface area contributed by atoms with Crippen LogP contribution in [0.2, 0.25) is 0 Å². The van der Waals surface area contributed by atoms with E-state index in [9.17, 15) is 0 Å². The van der Waals surface area contributed by atoms with Gasteiger partial charge in [0.2, 0.25) is 0 Å². The van der Waals surface area contributed by atoms with Gasteiger partial charge in [0.05, 0.1) is 0 Å². The molecule has 0 spiro atoms. The molecule has 0 radical (unpaired) electrons. The van der Waals surface area contributed by atoms with E-state index in [1.54, 1.807) is 0 Å². The van der Waals surface area contributed by atoms with Crippen LogP contribution in [-0.2, 0) is 0 Å². The Morgan fingerprint density at radius 3 is 0.750 bits per heavy atom. The second kappa shape index (κ2) is 22.2. The predicted molar refractivity (Wildman–Crippen MR) is 157 cm³/mol. The van der Waals surface area contributed by atoms with E-state index >= 15 is 0 Å². The minimum absolute atomic E-state index is 1.34. The van der Waals surface area contributed by atoms with E-state index in [0.717, 1.165) is 0 Å². The first kappa shape index (κ1) is 32.7. The van der Waals surface area contributed by atoms with Crippen molar-refractivity contribution >= 4 is 17.2 Å². The van der Waals surface area contributed by atoms with E-state index < -0.39 is 5.96 Å². The van der Waals surface area contributed by atoms with E-state index in [1.165, 1.54) is 166 Å². The maximum absolute atomic E-state index is 8.01. The number of unbranched alkanes of at least 4 members (excludes halogenated alkanes) is 18. The molecule has 196 valence electrons. The quantitative estimate of drug-likeness (QED) is 0.0834. The Labute approximate surface area is 210 Å². The molecule has 0 heterocycles. The predicted octanol–water partition coefficient (Wildman–Crippen LogP) is 12.4. The molecule has 0 saturated heterocycles. The number of halogens is 1. The SMILES string of the molecule is CCCCCCCCCP(Cl)(CCCCCC)(CCCCCC)CCCCCCCCC. The molecule has 0 amide bonds. The Balaban J connectivity index is 4.88. The first-order chi connectivity index (χ1) is 15.5. The molecule has 0 aliphatic heterocycles. The molecule has 0 aliphatic carbocycles. The summed E-state index contributed by atoms with van der Waals surface area (Å²) >= 11 is 8.01. The van der Waals surface area contributed by atoms with Gasteiger partial charge in [0.25, 0.3) is 0 Å². The summed E-state index contributed by atoms with van der Waals surface area (Å²) in [7, 11) is 0. The molecule has 0 rings (SSSR count). The molecule has 0 aromatic heterocycles. The van der Waals surface area contributed by atoms with Gasteiger partial charge in [-0.25, -0.2) is 0 Å². The maximum atomic E-state index is 8.01. The molecule has 32 heavy (non-hydrogen) atoms. The van der Waals surface area contributed by atoms with Crippen LogP contribution in [0.5, 0.6) is 0 Å². The summed E-state index contributed by atoms with van der Waals surface area (Å²) in [4.78, 5) is 0. The van der Waals surface area contributed by atoms with Crippen molar-refractivity contribution in [3.8, 4) is 0 Å². The van der Waals surface area contributed by atoms with Crippen LogP contribution in [0.25, 0.3) is 0 Å². The molecule has 0 bridgehead atoms. The van der Waals surface area contributed by atoms with Crippen molar-refractivity contribution in [2.24, 2.45) is 0 Å². The van der Waals surface area contributed by atoms with Crippen LogP contribution >= 0.6 is 17.2 Å². The van der Waals surface area contributed by atoms with Crippen LogP contribution in [-0.4, -0.2) is 24.6 Å². The summed E-state index contributed by atoms with van der Waals surface area (Å²) in [6, 6.07) is 0. The fourth-order valence-corrected chi connectivity index (χ4v) is 12.3. The second-order valence-electron chi connectivity index (χ2n) is 11.1. The number of hydrogen-bond donors (Lipinski definition) is 0. The molecule has 0 saturated carbocycles. The molecule has 0 nitrogen and oxygen atoms in total. The third-order valence-corrected chi connectivity index (χ3v) is 15.5. The summed E-state index contributed by atoms with van der Waals surface area (Å²) < 4.78 is 0. The summed E-state index contributed by atoms with van der Waals surface area (Å²) in [5, 5.41) is 0. The molecule has 0 aromatic carbocycles. The summed E-state index contributed by atoms with van der Waals surface area (Å²) in [5.74, 6) is -2.07. The molecule has 0 aromatic rings. The van der Waals surface area contributed by atoms with Crippen molar-refractivity contribution < 1.29 is 0 Å². The molecular formula is C30H64ClP. The van der Waals surface area contributed by atoms with E-state index in [0.29, 0.717) is 0 Å². The first-order valence-corrected chi connectivity index (χ1v) is 19.1. The third-order valence-electron chi connectivity index (χ3n) is 7.78. The zero-order valence-electron chi connectivity index (χ0n) is 23.2. The first-order valence-electron chi connectivity index (χ1n) is 15.3. The molecular weight excluding hydrogens is 427 g/mol. The Morgan fingerprint density at radius 1 is 0.312 bits per heavy atom. The molecule has 2 heteroatoms. The van der Waals surface area contributed by atoms with Gasteiger partial charge in [-0.15, -0.1) is 0 Å². The fourth-order valence-electron chi connectivity index (χ4n) is 5.47. The van der Waals surface area contributed by atoms with E-state index in [2.05, 4.69) is 27.7 Å². The van der Waals surface area contributed by atoms with Gasteiger partial charge in [-0.05, 0) is 0 Å². The van der Waals surface area contributed by atoms with Crippen molar-refractivity contribution in [1.29, 1.82) is 0 Å². The van der Waals surface area contributed by atoms with Crippen LogP contribution in [0, 0.1) is 0 Å². The van der Waals surface area contributed by atoms with Gasteiger partial charge < -0.3 is 0 Å². The Kier molecular flexibility index (Phi) is 22.7. The zero-order chi connectivity index (χ0) is 23.8. The van der Waals surface area contributed by atoms with Crippen molar-refractivity contribution in [3.05, 3.63) is 0 Å². The Bertz CT molecular complexity index is 347. The second-order valence-corrected chi connectivity index (χ2v) is 19.4. The summed E-state index contributed by atoms with van der Waals surface area (Å²) in [6.07, 6.45) is 36.5. The van der Waals surface area contributed by atoms with Crippen molar-refractivity contribution in [2.45, 2.75) is 169 Å². The fraction of sp³-hybridized carbons (Fsp3) is 1.00. The zero-order valence-corrected chi connectivity index (χ0v) is 24.9. The van der Waals surface area contributed by atoms with Crippen molar-refractivity contribution in [1.82, 2.24) is 0 Å². The average molecular weight is 491 g/mol. The molecule has 0 atom stereocenters. The average Bonchev–Trinajstić information content (AvgIpc) is 2.79. The van der Waals surface area contributed by atoms with Gasteiger partial charge in [0.15, 0.2) is 0 Å². The number of hydrogen-bond acceptors (Lipinski definition) is 0. The van der Waals surface area contributed by atoms with Crippen LogP contribution < -0.4 is 0 Å². The summed E-state index contributed by atoms with van der Waals surface area (Å²) in [5.41, 5.74) is 0. The van der Waals surface area contributed by atoms with Crippen LogP contribution in [0.1, 0.15) is 169 Å². The topological polar surface area (TPSA) is 0 Å².